The molecular weight excluding hydrogens is 372 g/mol. The number of benzene rings is 2. The first kappa shape index (κ1) is 18.9. The fraction of sp³-hybridized carbons (Fsp3) is 0.333. The van der Waals surface area contributed by atoms with E-state index in [9.17, 15) is 4.79 Å². The van der Waals surface area contributed by atoms with Crippen LogP contribution < -0.4 is 19.9 Å². The Morgan fingerprint density at radius 1 is 1.07 bits per heavy atom. The minimum atomic E-state index is 0.0362. The van der Waals surface area contributed by atoms with Gasteiger partial charge in [0.05, 0.1) is 23.0 Å². The molecule has 28 heavy (non-hydrogen) atoms. The van der Waals surface area contributed by atoms with E-state index in [4.69, 9.17) is 9.72 Å². The number of nitrogens with one attached hydrogen (secondary N) is 3. The largest absolute Gasteiger partial charge is 0.495 e. The molecule has 4 rings (SSSR count). The first-order valence-electron chi connectivity index (χ1n) is 9.66. The van der Waals surface area contributed by atoms with Crippen LogP contribution in [-0.2, 0) is 11.3 Å². The number of carbonyl (C=O) groups is 1. The van der Waals surface area contributed by atoms with E-state index in [1.165, 1.54) is 14.6 Å². The van der Waals surface area contributed by atoms with Crippen molar-refractivity contribution < 1.29 is 19.3 Å². The van der Waals surface area contributed by atoms with Gasteiger partial charge in [-0.1, -0.05) is 24.3 Å². The van der Waals surface area contributed by atoms with E-state index in [0.717, 1.165) is 43.9 Å². The number of aromatic nitrogens is 1. The minimum Gasteiger partial charge on any atom is -0.495 e. The number of nitrogens with zero attached hydrogens (tertiary/aromatic N) is 1. The number of methoxy groups -OCH3 is 1. The van der Waals surface area contributed by atoms with Crippen molar-refractivity contribution in [3.8, 4) is 5.75 Å². The zero-order valence-corrected chi connectivity index (χ0v) is 16.8. The number of rotatable bonds is 6. The molecule has 1 saturated heterocycles. The summed E-state index contributed by atoms with van der Waals surface area (Å²) in [7, 11) is 1.61. The lowest BCUT2D eigenvalue weighted by Gasteiger charge is -2.28. The molecule has 1 aromatic heterocycles. The van der Waals surface area contributed by atoms with Crippen LogP contribution >= 0.6 is 11.3 Å². The van der Waals surface area contributed by atoms with Crippen molar-refractivity contribution in [2.75, 3.05) is 45.2 Å². The average Bonchev–Trinajstić information content (AvgIpc) is 3.12. The van der Waals surface area contributed by atoms with Gasteiger partial charge in [0.25, 0.3) is 5.91 Å². The van der Waals surface area contributed by atoms with Gasteiger partial charge in [-0.2, -0.15) is 0 Å². The third-order valence-corrected chi connectivity index (χ3v) is 6.23. The third kappa shape index (κ3) is 4.49. The molecule has 1 fully saturated rings. The number of quaternary nitrogens is 2. The van der Waals surface area contributed by atoms with Crippen LogP contribution in [0.2, 0.25) is 0 Å². The minimum absolute atomic E-state index is 0.0362. The molecule has 1 aliphatic heterocycles. The molecule has 0 bridgehead atoms. The summed E-state index contributed by atoms with van der Waals surface area (Å²) in [5.41, 5.74) is 1.83. The Hall–Kier alpha value is -2.48. The summed E-state index contributed by atoms with van der Waals surface area (Å²) >= 11 is 1.79. The Labute approximate surface area is 168 Å². The summed E-state index contributed by atoms with van der Waals surface area (Å²) in [5, 5.41) is 4.18. The van der Waals surface area contributed by atoms with Crippen LogP contribution in [0.15, 0.2) is 48.5 Å². The number of amides is 1. The van der Waals surface area contributed by atoms with Gasteiger partial charge >= 0.3 is 0 Å². The molecule has 2 heterocycles. The molecule has 3 N–H and O–H groups in total. The predicted molar refractivity (Wildman–Crippen MR) is 111 cm³/mol. The number of fused-ring (bicyclic) bond motifs is 1. The van der Waals surface area contributed by atoms with E-state index in [1.54, 1.807) is 23.3 Å². The molecule has 2 aromatic carbocycles. The number of thiazole rings is 1. The topological polar surface area (TPSA) is 60.1 Å². The summed E-state index contributed by atoms with van der Waals surface area (Å²) in [5.74, 6) is 0.727. The summed E-state index contributed by atoms with van der Waals surface area (Å²) in [6, 6.07) is 15.8. The summed E-state index contributed by atoms with van der Waals surface area (Å²) < 4.78 is 6.56. The second kappa shape index (κ2) is 8.68. The lowest BCUT2D eigenvalue weighted by Crippen LogP contribution is -3.28. The number of para-hydroxylation sites is 3. The highest BCUT2D eigenvalue weighted by atomic mass is 32.1. The highest BCUT2D eigenvalue weighted by molar-refractivity contribution is 7.18. The van der Waals surface area contributed by atoms with E-state index in [0.29, 0.717) is 12.3 Å². The number of piperazine rings is 1. The summed E-state index contributed by atoms with van der Waals surface area (Å²) in [6.45, 7) is 5.59. The predicted octanol–water partition coefficient (Wildman–Crippen LogP) is 0.227. The van der Waals surface area contributed by atoms with Crippen LogP contribution in [0.25, 0.3) is 10.2 Å². The number of hydrogen-bond acceptors (Lipinski definition) is 4. The van der Waals surface area contributed by atoms with Crippen LogP contribution in [0.3, 0.4) is 0 Å². The Bertz CT molecular complexity index is 917. The van der Waals surface area contributed by atoms with Crippen molar-refractivity contribution >= 4 is 33.1 Å². The van der Waals surface area contributed by atoms with Gasteiger partial charge in [0, 0.05) is 0 Å². The molecule has 0 atom stereocenters. The maximum atomic E-state index is 12.4. The lowest BCUT2D eigenvalue weighted by molar-refractivity contribution is -1.01. The van der Waals surface area contributed by atoms with E-state index in [-0.39, 0.29) is 5.91 Å². The molecule has 7 heteroatoms. The number of carbonyl (C=O) groups excluding carboxylic acids is 1. The SMILES string of the molecule is COc1ccccc1NC(=O)C[NH+]1CC[NH+](Cc2nc3ccccc3s2)CC1. The van der Waals surface area contributed by atoms with E-state index in [1.807, 2.05) is 30.3 Å². The molecule has 6 nitrogen and oxygen atoms in total. The number of ether oxygens (including phenoxy) is 1. The van der Waals surface area contributed by atoms with Crippen LogP contribution in [0.1, 0.15) is 5.01 Å². The van der Waals surface area contributed by atoms with Crippen molar-refractivity contribution in [1.82, 2.24) is 4.98 Å². The van der Waals surface area contributed by atoms with Crippen molar-refractivity contribution in [2.24, 2.45) is 0 Å². The molecule has 1 aliphatic rings. The van der Waals surface area contributed by atoms with E-state index < -0.39 is 0 Å². The summed E-state index contributed by atoms with van der Waals surface area (Å²) in [6.07, 6.45) is 0. The van der Waals surface area contributed by atoms with Gasteiger partial charge in [0.2, 0.25) is 0 Å². The van der Waals surface area contributed by atoms with Crippen molar-refractivity contribution in [1.29, 1.82) is 0 Å². The van der Waals surface area contributed by atoms with Crippen LogP contribution in [0.4, 0.5) is 5.69 Å². The zero-order valence-electron chi connectivity index (χ0n) is 16.0. The van der Waals surface area contributed by atoms with Crippen LogP contribution in [-0.4, -0.2) is 50.7 Å². The molecule has 146 valence electrons. The maximum Gasteiger partial charge on any atom is 0.279 e. The van der Waals surface area contributed by atoms with Gasteiger partial charge in [0.1, 0.15) is 43.5 Å². The first-order valence-corrected chi connectivity index (χ1v) is 10.5. The zero-order chi connectivity index (χ0) is 19.3. The van der Waals surface area contributed by atoms with Gasteiger partial charge in [-0.25, -0.2) is 4.98 Å². The van der Waals surface area contributed by atoms with E-state index in [2.05, 4.69) is 23.5 Å². The van der Waals surface area contributed by atoms with E-state index >= 15 is 0 Å². The van der Waals surface area contributed by atoms with Gasteiger partial charge in [-0.05, 0) is 24.3 Å². The molecule has 0 spiro atoms. The molecule has 0 aliphatic carbocycles. The second-order valence-corrected chi connectivity index (χ2v) is 8.29. The first-order chi connectivity index (χ1) is 13.7. The average molecular weight is 399 g/mol. The fourth-order valence-corrected chi connectivity index (χ4v) is 4.73. The van der Waals surface area contributed by atoms with Crippen molar-refractivity contribution in [2.45, 2.75) is 6.54 Å². The molecule has 0 unspecified atom stereocenters. The number of anilines is 1. The van der Waals surface area contributed by atoms with Crippen LogP contribution in [0.5, 0.6) is 5.75 Å². The smallest absolute Gasteiger partial charge is 0.279 e. The molecule has 0 radical (unpaired) electrons. The Morgan fingerprint density at radius 3 is 2.57 bits per heavy atom. The maximum absolute atomic E-state index is 12.4. The number of hydrogen-bond donors (Lipinski definition) is 3. The third-order valence-electron chi connectivity index (χ3n) is 5.20. The van der Waals surface area contributed by atoms with Gasteiger partial charge in [-0.15, -0.1) is 11.3 Å². The highest BCUT2D eigenvalue weighted by Crippen LogP contribution is 2.22. The Morgan fingerprint density at radius 2 is 1.79 bits per heavy atom. The monoisotopic (exact) mass is 398 g/mol. The normalized spacial score (nSPS) is 19.5. The van der Waals surface area contributed by atoms with Gasteiger partial charge in [0.15, 0.2) is 6.54 Å². The van der Waals surface area contributed by atoms with Crippen LogP contribution in [0, 0.1) is 0 Å². The second-order valence-electron chi connectivity index (χ2n) is 7.18. The highest BCUT2D eigenvalue weighted by Gasteiger charge is 2.26. The van der Waals surface area contributed by atoms with Gasteiger partial charge in [-0.3, -0.25) is 4.79 Å². The Balaban J connectivity index is 1.26. The molecule has 0 saturated carbocycles. The molecule has 3 aromatic rings. The fourth-order valence-electron chi connectivity index (χ4n) is 3.69. The Kier molecular flexibility index (Phi) is 5.85. The van der Waals surface area contributed by atoms with Crippen molar-refractivity contribution in [3.63, 3.8) is 0 Å². The van der Waals surface area contributed by atoms with Crippen molar-refractivity contribution in [3.05, 3.63) is 53.5 Å². The standard InChI is InChI=1S/C21H24N4O2S/c1-27-18-8-4-2-6-16(18)22-20(26)14-24-10-12-25(13-11-24)15-21-23-17-7-3-5-9-19(17)28-21/h2-9H,10-15H2,1H3,(H,22,26)/p+2. The van der Waals surface area contributed by atoms with Gasteiger partial charge < -0.3 is 19.9 Å². The quantitative estimate of drug-likeness (QED) is 0.557. The molecular formula is C21H26N4O2S+2. The summed E-state index contributed by atoms with van der Waals surface area (Å²) in [4.78, 5) is 20.1. The lowest BCUT2D eigenvalue weighted by atomic mass is 10.2. The molecule has 1 amide bonds.